The number of nitrogens with one attached hydrogen (secondary N) is 1. The summed E-state index contributed by atoms with van der Waals surface area (Å²) < 4.78 is 25.1. The van der Waals surface area contributed by atoms with E-state index >= 15 is 0 Å². The van der Waals surface area contributed by atoms with Gasteiger partial charge in [0.15, 0.2) is 0 Å². The molecule has 2 aliphatic heterocycles. The van der Waals surface area contributed by atoms with Gasteiger partial charge in [0.2, 0.25) is 0 Å². The Bertz CT molecular complexity index is 208. The summed E-state index contributed by atoms with van der Waals surface area (Å²) >= 11 is 0. The monoisotopic (exact) mass is 190 g/mol. The molecule has 0 aromatic heterocycles. The quantitative estimate of drug-likeness (QED) is 0.665. The van der Waals surface area contributed by atoms with Crippen LogP contribution >= 0.6 is 0 Å². The summed E-state index contributed by atoms with van der Waals surface area (Å²) in [4.78, 5) is 1.88. The number of nitrogens with zero attached hydrogens (tertiary/aromatic N) is 1. The Balaban J connectivity index is 1.86. The topological polar surface area (TPSA) is 15.3 Å². The third-order valence-electron chi connectivity index (χ3n) is 2.95. The van der Waals surface area contributed by atoms with Gasteiger partial charge in [-0.15, -0.1) is 0 Å². The molecule has 2 heterocycles. The summed E-state index contributed by atoms with van der Waals surface area (Å²) in [5.41, 5.74) is 0.121. The largest absolute Gasteiger partial charge is 0.310 e. The molecule has 0 aliphatic carbocycles. The second kappa shape index (κ2) is 2.64. The smallest absolute Gasteiger partial charge is 0.272 e. The van der Waals surface area contributed by atoms with Gasteiger partial charge in [0.1, 0.15) is 0 Å². The average Bonchev–Trinajstić information content (AvgIpc) is 2.25. The van der Waals surface area contributed by atoms with E-state index in [1.165, 1.54) is 0 Å². The molecule has 0 unspecified atom stereocenters. The minimum absolute atomic E-state index is 0.0462. The van der Waals surface area contributed by atoms with Gasteiger partial charge in [-0.2, -0.15) is 0 Å². The van der Waals surface area contributed by atoms with E-state index in [1.54, 1.807) is 0 Å². The molecule has 4 heteroatoms. The molecule has 2 rings (SSSR count). The number of hydrogen-bond donors (Lipinski definition) is 1. The fraction of sp³-hybridized carbons (Fsp3) is 1.00. The van der Waals surface area contributed by atoms with Crippen LogP contribution in [0.25, 0.3) is 0 Å². The summed E-state index contributed by atoms with van der Waals surface area (Å²) in [6, 6.07) is 0.314. The average molecular weight is 190 g/mol. The van der Waals surface area contributed by atoms with Crippen LogP contribution in [0.15, 0.2) is 0 Å². The molecule has 0 spiro atoms. The van der Waals surface area contributed by atoms with E-state index in [0.29, 0.717) is 6.04 Å². The second-order valence-electron chi connectivity index (χ2n) is 4.88. The highest BCUT2D eigenvalue weighted by atomic mass is 19.3. The molecule has 1 N–H and O–H groups in total. The minimum atomic E-state index is -2.42. The fourth-order valence-corrected chi connectivity index (χ4v) is 2.19. The Hall–Kier alpha value is -0.220. The first kappa shape index (κ1) is 9.34. The molecule has 2 nitrogen and oxygen atoms in total. The lowest BCUT2D eigenvalue weighted by Crippen LogP contribution is -2.60. The molecule has 0 amide bonds. The van der Waals surface area contributed by atoms with Gasteiger partial charge in [-0.05, 0) is 20.3 Å². The van der Waals surface area contributed by atoms with E-state index in [1.807, 2.05) is 4.90 Å². The predicted molar refractivity (Wildman–Crippen MR) is 47.0 cm³/mol. The number of hydrogen-bond acceptors (Lipinski definition) is 2. The van der Waals surface area contributed by atoms with Gasteiger partial charge < -0.3 is 5.32 Å². The van der Waals surface area contributed by atoms with E-state index < -0.39 is 5.92 Å². The first-order valence-electron chi connectivity index (χ1n) is 4.75. The zero-order chi connectivity index (χ0) is 9.69. The molecule has 0 bridgehead atoms. The van der Waals surface area contributed by atoms with Crippen molar-refractivity contribution < 1.29 is 8.78 Å². The Labute approximate surface area is 77.3 Å². The molecule has 2 saturated heterocycles. The van der Waals surface area contributed by atoms with E-state index in [0.717, 1.165) is 13.0 Å². The van der Waals surface area contributed by atoms with Gasteiger partial charge >= 0.3 is 0 Å². The lowest BCUT2D eigenvalue weighted by molar-refractivity contribution is -0.143. The van der Waals surface area contributed by atoms with Gasteiger partial charge in [0.05, 0.1) is 13.1 Å². The van der Waals surface area contributed by atoms with Gasteiger partial charge in [0, 0.05) is 18.1 Å². The van der Waals surface area contributed by atoms with Crippen molar-refractivity contribution in [3.63, 3.8) is 0 Å². The fourth-order valence-electron chi connectivity index (χ4n) is 2.19. The molecule has 0 saturated carbocycles. The zero-order valence-electron chi connectivity index (χ0n) is 8.11. The molecule has 2 aliphatic rings. The molecule has 0 aromatic rings. The van der Waals surface area contributed by atoms with Gasteiger partial charge in [-0.1, -0.05) is 0 Å². The van der Waals surface area contributed by atoms with Crippen LogP contribution in [-0.2, 0) is 0 Å². The highest BCUT2D eigenvalue weighted by Crippen LogP contribution is 2.32. The number of rotatable bonds is 1. The molecule has 2 fully saturated rings. The Kier molecular flexibility index (Phi) is 1.90. The standard InChI is InChI=1S/C9H16F2N2/c1-8(2)3-7(4-12-8)13-5-9(10,11)6-13/h7,12H,3-6H2,1-2H3/t7-/m0/s1. The van der Waals surface area contributed by atoms with Crippen molar-refractivity contribution in [1.29, 1.82) is 0 Å². The van der Waals surface area contributed by atoms with Gasteiger partial charge in [-0.3, -0.25) is 4.90 Å². The molecule has 1 atom stereocenters. The normalized spacial score (nSPS) is 37.4. The molecular formula is C9H16F2N2. The van der Waals surface area contributed by atoms with Gasteiger partial charge in [0.25, 0.3) is 5.92 Å². The van der Waals surface area contributed by atoms with Crippen molar-refractivity contribution in [2.24, 2.45) is 0 Å². The Morgan fingerprint density at radius 2 is 1.92 bits per heavy atom. The van der Waals surface area contributed by atoms with E-state index in [4.69, 9.17) is 0 Å². The maximum atomic E-state index is 12.6. The van der Waals surface area contributed by atoms with Crippen molar-refractivity contribution >= 4 is 0 Å². The molecule has 13 heavy (non-hydrogen) atoms. The second-order valence-corrected chi connectivity index (χ2v) is 4.88. The molecule has 0 radical (unpaired) electrons. The van der Waals surface area contributed by atoms with Crippen molar-refractivity contribution in [2.75, 3.05) is 19.6 Å². The van der Waals surface area contributed by atoms with Crippen molar-refractivity contribution in [3.05, 3.63) is 0 Å². The maximum Gasteiger partial charge on any atom is 0.272 e. The lowest BCUT2D eigenvalue weighted by Gasteiger charge is -2.42. The van der Waals surface area contributed by atoms with E-state index in [9.17, 15) is 8.78 Å². The van der Waals surface area contributed by atoms with Crippen LogP contribution in [0.2, 0.25) is 0 Å². The van der Waals surface area contributed by atoms with Crippen LogP contribution in [0.5, 0.6) is 0 Å². The van der Waals surface area contributed by atoms with Crippen molar-refractivity contribution in [1.82, 2.24) is 10.2 Å². The number of halogens is 2. The van der Waals surface area contributed by atoms with E-state index in [-0.39, 0.29) is 18.6 Å². The van der Waals surface area contributed by atoms with Crippen LogP contribution < -0.4 is 5.32 Å². The third kappa shape index (κ3) is 1.83. The summed E-state index contributed by atoms with van der Waals surface area (Å²) in [7, 11) is 0. The zero-order valence-corrected chi connectivity index (χ0v) is 8.11. The van der Waals surface area contributed by atoms with Crippen LogP contribution in [-0.4, -0.2) is 42.0 Å². The first-order chi connectivity index (χ1) is 5.88. The molecular weight excluding hydrogens is 174 g/mol. The first-order valence-corrected chi connectivity index (χ1v) is 4.75. The summed E-state index contributed by atoms with van der Waals surface area (Å²) in [5, 5.41) is 3.34. The van der Waals surface area contributed by atoms with Crippen LogP contribution in [0, 0.1) is 0 Å². The van der Waals surface area contributed by atoms with E-state index in [2.05, 4.69) is 19.2 Å². The van der Waals surface area contributed by atoms with Crippen molar-refractivity contribution in [3.8, 4) is 0 Å². The molecule has 76 valence electrons. The number of likely N-dealkylation sites (tertiary alicyclic amines) is 1. The maximum absolute atomic E-state index is 12.6. The predicted octanol–water partition coefficient (Wildman–Crippen LogP) is 1.08. The van der Waals surface area contributed by atoms with Crippen LogP contribution in [0.1, 0.15) is 20.3 Å². The summed E-state index contributed by atoms with van der Waals surface area (Å²) in [5.74, 6) is -2.42. The lowest BCUT2D eigenvalue weighted by atomic mass is 9.98. The molecule has 0 aromatic carbocycles. The summed E-state index contributed by atoms with van der Waals surface area (Å²) in [6.07, 6.45) is 0.975. The van der Waals surface area contributed by atoms with Crippen LogP contribution in [0.4, 0.5) is 8.78 Å². The van der Waals surface area contributed by atoms with Crippen LogP contribution in [0.3, 0.4) is 0 Å². The Morgan fingerprint density at radius 3 is 2.31 bits per heavy atom. The Morgan fingerprint density at radius 1 is 1.31 bits per heavy atom. The highest BCUT2D eigenvalue weighted by molar-refractivity contribution is 5.00. The van der Waals surface area contributed by atoms with Crippen molar-refractivity contribution in [2.45, 2.75) is 37.8 Å². The minimum Gasteiger partial charge on any atom is -0.310 e. The summed E-state index contributed by atoms with van der Waals surface area (Å²) in [6.45, 7) is 4.99. The third-order valence-corrected chi connectivity index (χ3v) is 2.95. The SMILES string of the molecule is CC1(C)C[C@H](N2CC(F)(F)C2)CN1. The highest BCUT2D eigenvalue weighted by Gasteiger charge is 2.48. The van der Waals surface area contributed by atoms with Gasteiger partial charge in [-0.25, -0.2) is 8.78 Å². The number of alkyl halides is 2.